The fourth-order valence-electron chi connectivity index (χ4n) is 3.64. The van der Waals surface area contributed by atoms with E-state index in [9.17, 15) is 4.79 Å². The molecule has 1 aliphatic heterocycles. The molecule has 0 bridgehead atoms. The van der Waals surface area contributed by atoms with Crippen molar-refractivity contribution >= 4 is 14.2 Å². The first-order chi connectivity index (χ1) is 12.9. The zero-order valence-electron chi connectivity index (χ0n) is 19.5. The highest BCUT2D eigenvalue weighted by Gasteiger charge is 2.38. The third-order valence-electron chi connectivity index (χ3n) is 6.42. The van der Waals surface area contributed by atoms with Crippen LogP contribution in [0.1, 0.15) is 66.7 Å². The van der Waals surface area contributed by atoms with Crippen molar-refractivity contribution in [2.75, 3.05) is 7.05 Å². The Kier molecular flexibility index (Phi) is 9.42. The van der Waals surface area contributed by atoms with Crippen molar-refractivity contribution in [3.05, 3.63) is 36.5 Å². The van der Waals surface area contributed by atoms with Crippen LogP contribution in [0.15, 0.2) is 36.5 Å². The quantitative estimate of drug-likeness (QED) is 0.304. The van der Waals surface area contributed by atoms with E-state index in [-0.39, 0.29) is 29.0 Å². The second-order valence-electron chi connectivity index (χ2n) is 9.86. The zero-order chi connectivity index (χ0) is 21.5. The van der Waals surface area contributed by atoms with Crippen molar-refractivity contribution in [2.45, 2.75) is 97.0 Å². The summed E-state index contributed by atoms with van der Waals surface area (Å²) in [4.78, 5) is 14.6. The first-order valence-electron chi connectivity index (χ1n) is 10.8. The number of likely N-dealkylation sites (N-methyl/N-ethyl adjacent to an activating group) is 1. The maximum Gasteiger partial charge on any atom is 0.222 e. The number of carbonyl (C=O) groups excluding carboxylic acids is 1. The van der Waals surface area contributed by atoms with E-state index in [4.69, 9.17) is 4.43 Å². The van der Waals surface area contributed by atoms with Crippen molar-refractivity contribution in [3.8, 4) is 0 Å². The van der Waals surface area contributed by atoms with E-state index in [2.05, 4.69) is 66.4 Å². The normalized spacial score (nSPS) is 27.7. The van der Waals surface area contributed by atoms with Crippen molar-refractivity contribution in [2.24, 2.45) is 5.92 Å². The van der Waals surface area contributed by atoms with Gasteiger partial charge in [-0.25, -0.2) is 0 Å². The van der Waals surface area contributed by atoms with E-state index < -0.39 is 8.32 Å². The predicted octanol–water partition coefficient (Wildman–Crippen LogP) is 6.49. The molecular weight excluding hydrogens is 362 g/mol. The minimum absolute atomic E-state index is 0.0506. The van der Waals surface area contributed by atoms with E-state index in [0.29, 0.717) is 6.42 Å². The molecule has 0 aromatic heterocycles. The Balaban J connectivity index is 3.16. The topological polar surface area (TPSA) is 29.5 Å². The summed E-state index contributed by atoms with van der Waals surface area (Å²) in [6.07, 6.45) is 13.3. The van der Waals surface area contributed by atoms with Crippen LogP contribution in [0.3, 0.4) is 0 Å². The van der Waals surface area contributed by atoms with Gasteiger partial charge in [0, 0.05) is 13.5 Å². The van der Waals surface area contributed by atoms with Gasteiger partial charge in [-0.1, -0.05) is 77.0 Å². The monoisotopic (exact) mass is 405 g/mol. The first-order valence-corrected chi connectivity index (χ1v) is 13.7. The Morgan fingerprint density at radius 1 is 1.25 bits per heavy atom. The molecule has 0 saturated heterocycles. The predicted molar refractivity (Wildman–Crippen MR) is 124 cm³/mol. The van der Waals surface area contributed by atoms with Crippen molar-refractivity contribution in [1.82, 2.24) is 4.90 Å². The number of amides is 1. The molecule has 1 aliphatic rings. The molecule has 160 valence electrons. The number of nitrogens with zero attached hydrogens (tertiary/aromatic N) is 1. The average molecular weight is 406 g/mol. The largest absolute Gasteiger partial charge is 0.411 e. The maximum absolute atomic E-state index is 12.7. The van der Waals surface area contributed by atoms with Crippen LogP contribution in [0.2, 0.25) is 18.1 Å². The minimum Gasteiger partial charge on any atom is -0.411 e. The van der Waals surface area contributed by atoms with Gasteiger partial charge >= 0.3 is 0 Å². The van der Waals surface area contributed by atoms with E-state index in [1.165, 1.54) is 5.57 Å². The van der Waals surface area contributed by atoms with Crippen LogP contribution in [-0.4, -0.2) is 38.3 Å². The van der Waals surface area contributed by atoms with Gasteiger partial charge in [-0.2, -0.15) is 0 Å². The third kappa shape index (κ3) is 7.04. The summed E-state index contributed by atoms with van der Waals surface area (Å²) in [7, 11) is 0.117. The highest BCUT2D eigenvalue weighted by molar-refractivity contribution is 6.74. The maximum atomic E-state index is 12.7. The molecule has 28 heavy (non-hydrogen) atoms. The fraction of sp³-hybridized carbons (Fsp3) is 0.708. The summed E-state index contributed by atoms with van der Waals surface area (Å²) >= 11 is 0. The second-order valence-corrected chi connectivity index (χ2v) is 14.6. The number of hydrogen-bond acceptors (Lipinski definition) is 2. The number of hydrogen-bond donors (Lipinski definition) is 0. The zero-order valence-corrected chi connectivity index (χ0v) is 20.5. The third-order valence-corrected chi connectivity index (χ3v) is 10.9. The average Bonchev–Trinajstić information content (AvgIpc) is 2.57. The summed E-state index contributed by atoms with van der Waals surface area (Å²) in [6, 6.07) is 0.0506. The molecule has 1 heterocycles. The first kappa shape index (κ1) is 24.9. The van der Waals surface area contributed by atoms with Gasteiger partial charge in [0.05, 0.1) is 12.1 Å². The Labute approximate surface area is 175 Å². The lowest BCUT2D eigenvalue weighted by molar-refractivity contribution is -0.132. The summed E-state index contributed by atoms with van der Waals surface area (Å²) in [5, 5.41) is 0.203. The molecule has 3 atom stereocenters. The summed E-state index contributed by atoms with van der Waals surface area (Å²) in [5.41, 5.74) is 1.17. The van der Waals surface area contributed by atoms with Gasteiger partial charge in [0.25, 0.3) is 0 Å². The van der Waals surface area contributed by atoms with Crippen LogP contribution >= 0.6 is 0 Å². The highest BCUT2D eigenvalue weighted by Crippen LogP contribution is 2.38. The lowest BCUT2D eigenvalue weighted by atomic mass is 9.91. The molecule has 0 spiro atoms. The fourth-order valence-corrected chi connectivity index (χ4v) is 4.95. The van der Waals surface area contributed by atoms with Gasteiger partial charge in [-0.3, -0.25) is 4.79 Å². The van der Waals surface area contributed by atoms with Crippen LogP contribution in [0.5, 0.6) is 0 Å². The molecule has 0 radical (unpaired) electrons. The van der Waals surface area contributed by atoms with Crippen LogP contribution in [-0.2, 0) is 9.22 Å². The second kappa shape index (κ2) is 10.6. The van der Waals surface area contributed by atoms with Gasteiger partial charge in [-0.15, -0.1) is 0 Å². The number of allylic oxidation sites excluding steroid dienone is 2. The smallest absolute Gasteiger partial charge is 0.222 e. The summed E-state index contributed by atoms with van der Waals surface area (Å²) in [5.74, 6) is 0.451. The Hall–Kier alpha value is -1.13. The van der Waals surface area contributed by atoms with Crippen LogP contribution in [0.4, 0.5) is 0 Å². The van der Waals surface area contributed by atoms with Gasteiger partial charge < -0.3 is 9.33 Å². The Bertz CT molecular complexity index is 586. The SMILES string of the molecule is C=C/C=C(\C)[C@@H]1[C@@H](C)/C=C/C(O[Si](C)(C)C(C)(C)C)CCCCCC(=O)N1C. The minimum atomic E-state index is -1.82. The lowest BCUT2D eigenvalue weighted by Crippen LogP contribution is -2.44. The van der Waals surface area contributed by atoms with Crippen molar-refractivity contribution in [1.29, 1.82) is 0 Å². The van der Waals surface area contributed by atoms with Crippen LogP contribution in [0.25, 0.3) is 0 Å². The lowest BCUT2D eigenvalue weighted by Gasteiger charge is -2.39. The molecule has 1 unspecified atom stereocenters. The Morgan fingerprint density at radius 2 is 1.89 bits per heavy atom. The standard InChI is InChI=1S/C24H43NO2Si/c1-10-14-19(2)23-20(3)17-18-21(27-28(8,9)24(4,5)6)15-12-11-13-16-22(26)25(23)7/h10,14,17-18,20-21,23H,1,11-13,15-16H2,2-9H3/b18-17+,19-14+/t20-,21?,23+/m0/s1. The molecule has 4 heteroatoms. The Morgan fingerprint density at radius 3 is 2.46 bits per heavy atom. The van der Waals surface area contributed by atoms with E-state index in [1.54, 1.807) is 0 Å². The summed E-state index contributed by atoms with van der Waals surface area (Å²) < 4.78 is 6.73. The number of rotatable bonds is 4. The van der Waals surface area contributed by atoms with Gasteiger partial charge in [-0.05, 0) is 43.8 Å². The molecular formula is C24H43NO2Si. The van der Waals surface area contributed by atoms with Gasteiger partial charge in [0.2, 0.25) is 5.91 Å². The van der Waals surface area contributed by atoms with E-state index in [1.807, 2.05) is 24.1 Å². The van der Waals surface area contributed by atoms with E-state index >= 15 is 0 Å². The molecule has 1 amide bonds. The van der Waals surface area contributed by atoms with Gasteiger partial charge in [0.1, 0.15) is 0 Å². The molecule has 0 aliphatic carbocycles. The van der Waals surface area contributed by atoms with Crippen LogP contribution < -0.4 is 0 Å². The number of carbonyl (C=O) groups is 1. The van der Waals surface area contributed by atoms with Crippen molar-refractivity contribution in [3.63, 3.8) is 0 Å². The molecule has 3 nitrogen and oxygen atoms in total. The molecule has 0 saturated carbocycles. The van der Waals surface area contributed by atoms with Crippen LogP contribution in [0, 0.1) is 5.92 Å². The van der Waals surface area contributed by atoms with Gasteiger partial charge in [0.15, 0.2) is 8.32 Å². The molecule has 1 rings (SSSR count). The molecule has 0 aromatic rings. The van der Waals surface area contributed by atoms with E-state index in [0.717, 1.165) is 25.7 Å². The summed E-state index contributed by atoms with van der Waals surface area (Å²) in [6.45, 7) is 19.6. The molecule has 0 fully saturated rings. The van der Waals surface area contributed by atoms with Crippen molar-refractivity contribution < 1.29 is 9.22 Å². The molecule has 0 aromatic carbocycles. The highest BCUT2D eigenvalue weighted by atomic mass is 28.4. The molecule has 0 N–H and O–H groups in total.